The molecule has 0 spiro atoms. The first-order valence-electron chi connectivity index (χ1n) is 2.82. The molecule has 4 heteroatoms. The van der Waals surface area contributed by atoms with E-state index in [2.05, 4.69) is 11.6 Å². The highest BCUT2D eigenvalue weighted by Crippen LogP contribution is 2.30. The first-order valence-corrected chi connectivity index (χ1v) is 3.58. The van der Waals surface area contributed by atoms with E-state index in [0.717, 1.165) is 0 Å². The fraction of sp³-hybridized carbons (Fsp3) is 0. The molecule has 0 bridgehead atoms. The third-order valence-electron chi connectivity index (χ3n) is 1.01. The number of pyridine rings is 1. The number of hydrogen-bond donors (Lipinski definition) is 0. The molecule has 1 aromatic heterocycles. The van der Waals surface area contributed by atoms with Gasteiger partial charge in [-0.25, -0.2) is 0 Å². The van der Waals surface area contributed by atoms with Crippen molar-refractivity contribution < 1.29 is 4.74 Å². The molecule has 0 atom stereocenters. The predicted octanol–water partition coefficient (Wildman–Crippen LogP) is 2.91. The number of aromatic nitrogens is 1. The minimum Gasteiger partial charge on any atom is -0.462 e. The lowest BCUT2D eigenvalue weighted by Gasteiger charge is -2.02. The lowest BCUT2D eigenvalue weighted by Crippen LogP contribution is -1.84. The topological polar surface area (TPSA) is 22.1 Å². The van der Waals surface area contributed by atoms with Crippen LogP contribution in [-0.2, 0) is 0 Å². The maximum atomic E-state index is 5.69. The van der Waals surface area contributed by atoms with E-state index in [9.17, 15) is 0 Å². The van der Waals surface area contributed by atoms with Gasteiger partial charge in [0, 0.05) is 12.4 Å². The molecular formula is C7H5Cl2NO. The lowest BCUT2D eigenvalue weighted by molar-refractivity contribution is 0.483. The monoisotopic (exact) mass is 189 g/mol. The normalized spacial score (nSPS) is 9.27. The van der Waals surface area contributed by atoms with Crippen molar-refractivity contribution in [3.05, 3.63) is 35.3 Å². The van der Waals surface area contributed by atoms with E-state index < -0.39 is 0 Å². The molecule has 0 saturated carbocycles. The minimum atomic E-state index is 0.373. The third-order valence-corrected chi connectivity index (χ3v) is 1.55. The van der Waals surface area contributed by atoms with Crippen molar-refractivity contribution in [1.29, 1.82) is 0 Å². The summed E-state index contributed by atoms with van der Waals surface area (Å²) in [6, 6.07) is 0. The van der Waals surface area contributed by atoms with Crippen molar-refractivity contribution in [3.63, 3.8) is 0 Å². The summed E-state index contributed by atoms with van der Waals surface area (Å²) >= 11 is 11.4. The molecule has 0 saturated heterocycles. The van der Waals surface area contributed by atoms with Crippen molar-refractivity contribution in [2.75, 3.05) is 0 Å². The number of hydrogen-bond acceptors (Lipinski definition) is 2. The van der Waals surface area contributed by atoms with Crippen LogP contribution in [0.3, 0.4) is 0 Å². The van der Waals surface area contributed by atoms with Gasteiger partial charge in [-0.2, -0.15) is 0 Å². The fourth-order valence-corrected chi connectivity index (χ4v) is 1.05. The Bertz CT molecular complexity index is 255. The smallest absolute Gasteiger partial charge is 0.166 e. The van der Waals surface area contributed by atoms with Crippen LogP contribution in [-0.4, -0.2) is 4.98 Å². The highest BCUT2D eigenvalue weighted by Gasteiger charge is 2.04. The van der Waals surface area contributed by atoms with Gasteiger partial charge >= 0.3 is 0 Å². The van der Waals surface area contributed by atoms with Crippen LogP contribution in [0.15, 0.2) is 25.2 Å². The van der Waals surface area contributed by atoms with Gasteiger partial charge < -0.3 is 4.74 Å². The number of rotatable bonds is 2. The van der Waals surface area contributed by atoms with Crippen LogP contribution in [0, 0.1) is 0 Å². The van der Waals surface area contributed by atoms with E-state index in [1.54, 1.807) is 0 Å². The molecule has 0 aromatic carbocycles. The fourth-order valence-electron chi connectivity index (χ4n) is 0.595. The molecule has 0 aliphatic rings. The second-order valence-corrected chi connectivity index (χ2v) is 2.53. The Labute approximate surface area is 74.4 Å². The van der Waals surface area contributed by atoms with E-state index >= 15 is 0 Å². The average Bonchev–Trinajstić information content (AvgIpc) is 1.97. The molecule has 1 heterocycles. The molecule has 0 aliphatic carbocycles. The van der Waals surface area contributed by atoms with E-state index in [1.807, 2.05) is 0 Å². The summed E-state index contributed by atoms with van der Waals surface area (Å²) in [6.45, 7) is 3.38. The van der Waals surface area contributed by atoms with Crippen LogP contribution in [0.1, 0.15) is 0 Å². The Morgan fingerprint density at radius 1 is 1.36 bits per heavy atom. The minimum absolute atomic E-state index is 0.373. The Hall–Kier alpha value is -0.730. The number of nitrogens with zero attached hydrogens (tertiary/aromatic N) is 1. The summed E-state index contributed by atoms with van der Waals surface area (Å²) in [5.41, 5.74) is 0. The SMILES string of the molecule is C=COc1c(Cl)cncc1Cl. The van der Waals surface area contributed by atoms with Gasteiger partial charge in [-0.1, -0.05) is 29.8 Å². The first-order chi connectivity index (χ1) is 5.25. The molecule has 0 amide bonds. The van der Waals surface area contributed by atoms with Crippen molar-refractivity contribution in [1.82, 2.24) is 4.98 Å². The summed E-state index contributed by atoms with van der Waals surface area (Å²) < 4.78 is 4.93. The molecule has 11 heavy (non-hydrogen) atoms. The van der Waals surface area contributed by atoms with E-state index in [1.165, 1.54) is 18.7 Å². The van der Waals surface area contributed by atoms with Gasteiger partial charge in [-0.3, -0.25) is 4.98 Å². The maximum Gasteiger partial charge on any atom is 0.166 e. The first kappa shape index (κ1) is 8.37. The van der Waals surface area contributed by atoms with Crippen LogP contribution in [0.25, 0.3) is 0 Å². The summed E-state index contributed by atoms with van der Waals surface area (Å²) in [6.07, 6.45) is 4.16. The predicted molar refractivity (Wildman–Crippen MR) is 45.1 cm³/mol. The average molecular weight is 190 g/mol. The van der Waals surface area contributed by atoms with Crippen molar-refractivity contribution in [2.24, 2.45) is 0 Å². The van der Waals surface area contributed by atoms with E-state index in [-0.39, 0.29) is 0 Å². The van der Waals surface area contributed by atoms with Gasteiger partial charge in [0.15, 0.2) is 5.75 Å². The van der Waals surface area contributed by atoms with Crippen molar-refractivity contribution >= 4 is 23.2 Å². The second kappa shape index (κ2) is 3.60. The van der Waals surface area contributed by atoms with Gasteiger partial charge in [0.25, 0.3) is 0 Å². The van der Waals surface area contributed by atoms with Gasteiger partial charge in [-0.15, -0.1) is 0 Å². The number of ether oxygens (including phenoxy) is 1. The zero-order chi connectivity index (χ0) is 8.27. The van der Waals surface area contributed by atoms with Crippen molar-refractivity contribution in [2.45, 2.75) is 0 Å². The molecule has 0 unspecified atom stereocenters. The van der Waals surface area contributed by atoms with Gasteiger partial charge in [0.2, 0.25) is 0 Å². The quantitative estimate of drug-likeness (QED) is 0.668. The summed E-state index contributed by atoms with van der Waals surface area (Å²) in [5, 5.41) is 0.745. The number of halogens is 2. The summed E-state index contributed by atoms with van der Waals surface area (Å²) in [7, 11) is 0. The van der Waals surface area contributed by atoms with Crippen LogP contribution in [0.5, 0.6) is 5.75 Å². The van der Waals surface area contributed by atoms with Gasteiger partial charge in [0.05, 0.1) is 6.26 Å². The highest BCUT2D eigenvalue weighted by molar-refractivity contribution is 6.36. The Morgan fingerprint density at radius 2 is 1.91 bits per heavy atom. The molecule has 58 valence electrons. The lowest BCUT2D eigenvalue weighted by atomic mass is 10.4. The Balaban J connectivity index is 3.09. The van der Waals surface area contributed by atoms with E-state index in [4.69, 9.17) is 27.9 Å². The molecule has 1 rings (SSSR count). The molecule has 2 nitrogen and oxygen atoms in total. The Kier molecular flexibility index (Phi) is 2.74. The molecule has 0 N–H and O–H groups in total. The van der Waals surface area contributed by atoms with E-state index in [0.29, 0.717) is 15.8 Å². The highest BCUT2D eigenvalue weighted by atomic mass is 35.5. The maximum absolute atomic E-state index is 5.69. The van der Waals surface area contributed by atoms with Crippen LogP contribution < -0.4 is 4.74 Å². The zero-order valence-corrected chi connectivity index (χ0v) is 7.06. The summed E-state index contributed by atoms with van der Waals surface area (Å²) in [5.74, 6) is 0.387. The molecule has 1 aromatic rings. The molecule has 0 radical (unpaired) electrons. The zero-order valence-electron chi connectivity index (χ0n) is 5.55. The molecule has 0 fully saturated rings. The Morgan fingerprint density at radius 3 is 2.36 bits per heavy atom. The van der Waals surface area contributed by atoms with Crippen molar-refractivity contribution in [3.8, 4) is 5.75 Å². The van der Waals surface area contributed by atoms with Gasteiger partial charge in [0.1, 0.15) is 10.0 Å². The van der Waals surface area contributed by atoms with Crippen LogP contribution in [0.2, 0.25) is 10.0 Å². The van der Waals surface area contributed by atoms with Gasteiger partial charge in [-0.05, 0) is 0 Å². The molecular weight excluding hydrogens is 185 g/mol. The third kappa shape index (κ3) is 1.85. The summed E-state index contributed by atoms with van der Waals surface area (Å²) in [4.78, 5) is 3.75. The van der Waals surface area contributed by atoms with Crippen LogP contribution >= 0.6 is 23.2 Å². The largest absolute Gasteiger partial charge is 0.462 e. The standard InChI is InChI=1S/C7H5Cl2NO/c1-2-11-7-5(8)3-10-4-6(7)9/h2-4H,1H2. The van der Waals surface area contributed by atoms with Crippen LogP contribution in [0.4, 0.5) is 0 Å². The molecule has 0 aliphatic heterocycles. The second-order valence-electron chi connectivity index (χ2n) is 1.72.